The van der Waals surface area contributed by atoms with Crippen molar-refractivity contribution in [1.82, 2.24) is 4.81 Å². The lowest BCUT2D eigenvalue weighted by Gasteiger charge is -2.35. The first kappa shape index (κ1) is 9.12. The molecule has 0 amide bonds. The monoisotopic (exact) mass is 152 g/mol. The van der Waals surface area contributed by atoms with Gasteiger partial charge in [0.15, 0.2) is 0 Å². The zero-order valence-electron chi connectivity index (χ0n) is 8.60. The third kappa shape index (κ3) is 1.22. The van der Waals surface area contributed by atoms with Gasteiger partial charge in [0.1, 0.15) is 0 Å². The normalized spacial score (nSPS) is 35.3. The van der Waals surface area contributed by atoms with E-state index in [2.05, 4.69) is 53.9 Å². The Balaban J connectivity index is 2.89. The van der Waals surface area contributed by atoms with Gasteiger partial charge in [-0.05, 0) is 32.1 Å². The van der Waals surface area contributed by atoms with Gasteiger partial charge in [-0.25, -0.2) is 0 Å². The van der Waals surface area contributed by atoms with Crippen molar-refractivity contribution in [2.45, 2.75) is 45.5 Å². The molecule has 0 aromatic heterocycles. The molecule has 1 saturated heterocycles. The van der Waals surface area contributed by atoms with Gasteiger partial charge >= 0.3 is 0 Å². The van der Waals surface area contributed by atoms with Gasteiger partial charge in [0.05, 0.1) is 0 Å². The van der Waals surface area contributed by atoms with Crippen molar-refractivity contribution >= 4 is 7.41 Å². The van der Waals surface area contributed by atoms with Crippen LogP contribution < -0.4 is 0 Å². The molecular weight excluding hydrogens is 133 g/mol. The lowest BCUT2D eigenvalue weighted by molar-refractivity contribution is 0.200. The predicted octanol–water partition coefficient (Wildman–Crippen LogP) is 2.16. The van der Waals surface area contributed by atoms with Crippen LogP contribution in [0.1, 0.15) is 34.6 Å². The Kier molecular flexibility index (Phi) is 1.87. The highest BCUT2D eigenvalue weighted by molar-refractivity contribution is 6.38. The summed E-state index contributed by atoms with van der Waals surface area (Å²) in [4.78, 5) is 2.34. The van der Waals surface area contributed by atoms with Crippen molar-refractivity contribution in [3.8, 4) is 0 Å². The maximum Gasteiger partial charge on any atom is 0.215 e. The Labute approximate surface area is 71.4 Å². The second-order valence-corrected chi connectivity index (χ2v) is 4.94. The molecule has 1 rings (SSSR count). The fourth-order valence-electron chi connectivity index (χ4n) is 1.99. The predicted molar refractivity (Wildman–Crippen MR) is 50.8 cm³/mol. The van der Waals surface area contributed by atoms with Gasteiger partial charge in [0, 0.05) is 5.54 Å². The molecule has 0 aliphatic carbocycles. The number of hydrogen-bond acceptors (Lipinski definition) is 1. The fourth-order valence-corrected chi connectivity index (χ4v) is 1.99. The second-order valence-electron chi connectivity index (χ2n) is 4.94. The van der Waals surface area contributed by atoms with E-state index in [9.17, 15) is 0 Å². The molecule has 1 aliphatic heterocycles. The van der Waals surface area contributed by atoms with E-state index in [0.717, 1.165) is 5.92 Å². The molecule has 0 saturated carbocycles. The molecule has 11 heavy (non-hydrogen) atoms. The number of hydrogen-bond donors (Lipinski definition) is 0. The standard InChI is InChI=1S/C9H19BN/c1-7-8(2,3)10-11(6)9(7,4)5/h7H,1-6H3. The third-order valence-electron chi connectivity index (χ3n) is 3.61. The van der Waals surface area contributed by atoms with E-state index in [0.29, 0.717) is 10.9 Å². The largest absolute Gasteiger partial charge is 0.344 e. The highest BCUT2D eigenvalue weighted by atomic mass is 15.1. The minimum absolute atomic E-state index is 0.323. The lowest BCUT2D eigenvalue weighted by atomic mass is 9.59. The minimum atomic E-state index is 0.323. The molecular formula is C9H19BN. The summed E-state index contributed by atoms with van der Waals surface area (Å²) >= 11 is 0. The van der Waals surface area contributed by atoms with Gasteiger partial charge in [-0.1, -0.05) is 20.8 Å². The zero-order valence-corrected chi connectivity index (χ0v) is 8.60. The SMILES string of the molecule is CC1C(C)(C)[B]N(C)C1(C)C. The average molecular weight is 152 g/mol. The van der Waals surface area contributed by atoms with E-state index in [-0.39, 0.29) is 0 Å². The van der Waals surface area contributed by atoms with Crippen LogP contribution in [0.25, 0.3) is 0 Å². The Hall–Kier alpha value is 0.0249. The molecule has 0 spiro atoms. The van der Waals surface area contributed by atoms with Gasteiger partial charge in [-0.3, -0.25) is 0 Å². The molecule has 1 unspecified atom stereocenters. The molecule has 1 atom stereocenters. The van der Waals surface area contributed by atoms with Crippen LogP contribution in [0, 0.1) is 5.92 Å². The van der Waals surface area contributed by atoms with Crippen LogP contribution in [-0.2, 0) is 0 Å². The first-order valence-electron chi connectivity index (χ1n) is 4.37. The highest BCUT2D eigenvalue weighted by Crippen LogP contribution is 2.48. The van der Waals surface area contributed by atoms with Crippen molar-refractivity contribution in [2.75, 3.05) is 7.05 Å². The second kappa shape index (κ2) is 2.26. The van der Waals surface area contributed by atoms with Crippen LogP contribution in [-0.4, -0.2) is 24.8 Å². The summed E-state index contributed by atoms with van der Waals surface area (Å²) in [5, 5.41) is 0.359. The minimum Gasteiger partial charge on any atom is -0.344 e. The molecule has 1 nitrogen and oxygen atoms in total. The first-order valence-corrected chi connectivity index (χ1v) is 4.37. The molecule has 0 N–H and O–H groups in total. The summed E-state index contributed by atoms with van der Waals surface area (Å²) in [6, 6.07) is 0. The van der Waals surface area contributed by atoms with Gasteiger partial charge in [0.2, 0.25) is 7.41 Å². The van der Waals surface area contributed by atoms with Crippen molar-refractivity contribution in [3.63, 3.8) is 0 Å². The Morgan fingerprint density at radius 3 is 1.73 bits per heavy atom. The summed E-state index contributed by atoms with van der Waals surface area (Å²) in [5.74, 6) is 0.722. The highest BCUT2D eigenvalue weighted by Gasteiger charge is 2.48. The van der Waals surface area contributed by atoms with Crippen LogP contribution in [0.4, 0.5) is 0 Å². The van der Waals surface area contributed by atoms with Gasteiger partial charge in [-0.2, -0.15) is 0 Å². The number of nitrogens with zero attached hydrogens (tertiary/aromatic N) is 1. The van der Waals surface area contributed by atoms with Gasteiger partial charge in [0.25, 0.3) is 0 Å². The average Bonchev–Trinajstić information content (AvgIpc) is 1.94. The first-order chi connectivity index (χ1) is 4.78. The quantitative estimate of drug-likeness (QED) is 0.481. The summed E-state index contributed by atoms with van der Waals surface area (Å²) in [6.07, 6.45) is 0. The maximum atomic E-state index is 2.34. The van der Waals surface area contributed by atoms with Gasteiger partial charge < -0.3 is 4.81 Å². The smallest absolute Gasteiger partial charge is 0.215 e. The molecule has 2 heteroatoms. The van der Waals surface area contributed by atoms with E-state index >= 15 is 0 Å². The summed E-state index contributed by atoms with van der Waals surface area (Å²) in [6.45, 7) is 11.6. The van der Waals surface area contributed by atoms with Gasteiger partial charge in [-0.15, -0.1) is 0 Å². The van der Waals surface area contributed by atoms with Crippen molar-refractivity contribution in [1.29, 1.82) is 0 Å². The summed E-state index contributed by atoms with van der Waals surface area (Å²) in [5.41, 5.74) is 0.323. The van der Waals surface area contributed by atoms with Crippen LogP contribution in [0.3, 0.4) is 0 Å². The van der Waals surface area contributed by atoms with Crippen LogP contribution in [0.15, 0.2) is 0 Å². The molecule has 1 fully saturated rings. The van der Waals surface area contributed by atoms with E-state index in [1.54, 1.807) is 0 Å². The molecule has 1 heterocycles. The van der Waals surface area contributed by atoms with Crippen LogP contribution in [0.5, 0.6) is 0 Å². The molecule has 0 bridgehead atoms. The lowest BCUT2D eigenvalue weighted by Crippen LogP contribution is -2.39. The van der Waals surface area contributed by atoms with Crippen LogP contribution >= 0.6 is 0 Å². The Morgan fingerprint density at radius 1 is 1.18 bits per heavy atom. The summed E-state index contributed by atoms with van der Waals surface area (Å²) < 4.78 is 0. The topological polar surface area (TPSA) is 3.24 Å². The van der Waals surface area contributed by atoms with E-state index in [1.807, 2.05) is 0 Å². The van der Waals surface area contributed by atoms with Crippen molar-refractivity contribution < 1.29 is 0 Å². The molecule has 0 aromatic rings. The Bertz CT molecular complexity index is 163. The molecule has 0 aromatic carbocycles. The molecule has 1 radical (unpaired) electrons. The van der Waals surface area contributed by atoms with Crippen molar-refractivity contribution in [3.05, 3.63) is 0 Å². The fraction of sp³-hybridized carbons (Fsp3) is 1.00. The van der Waals surface area contributed by atoms with E-state index in [1.165, 1.54) is 0 Å². The maximum absolute atomic E-state index is 2.34. The number of rotatable bonds is 0. The van der Waals surface area contributed by atoms with Crippen LogP contribution in [0.2, 0.25) is 5.31 Å². The third-order valence-corrected chi connectivity index (χ3v) is 3.61. The Morgan fingerprint density at radius 2 is 1.64 bits per heavy atom. The zero-order chi connectivity index (χ0) is 8.86. The van der Waals surface area contributed by atoms with Crippen molar-refractivity contribution in [2.24, 2.45) is 5.92 Å². The summed E-state index contributed by atoms with van der Waals surface area (Å²) in [7, 11) is 4.52. The van der Waals surface area contributed by atoms with E-state index in [4.69, 9.17) is 0 Å². The molecule has 63 valence electrons. The van der Waals surface area contributed by atoms with E-state index < -0.39 is 0 Å². The molecule has 1 aliphatic rings.